The van der Waals surface area contributed by atoms with E-state index in [4.69, 9.17) is 9.16 Å². The van der Waals surface area contributed by atoms with Crippen LogP contribution in [-0.2, 0) is 23.5 Å². The minimum atomic E-state index is -2.40. The van der Waals surface area contributed by atoms with Crippen LogP contribution in [0.2, 0.25) is 18.1 Å². The second-order valence-corrected chi connectivity index (χ2v) is 13.8. The van der Waals surface area contributed by atoms with Crippen LogP contribution >= 0.6 is 0 Å². The van der Waals surface area contributed by atoms with Crippen LogP contribution in [0, 0.1) is 5.41 Å². The summed E-state index contributed by atoms with van der Waals surface area (Å²) in [6, 6.07) is 0. The van der Waals surface area contributed by atoms with Crippen LogP contribution in [0.1, 0.15) is 47.0 Å². The number of esters is 1. The summed E-state index contributed by atoms with van der Waals surface area (Å²) in [4.78, 5) is 38.4. The van der Waals surface area contributed by atoms with Crippen LogP contribution in [0.4, 0.5) is 0 Å². The maximum absolute atomic E-state index is 13.1. The van der Waals surface area contributed by atoms with Gasteiger partial charge in [-0.15, -0.1) is 0 Å². The molecule has 0 amide bonds. The van der Waals surface area contributed by atoms with Gasteiger partial charge < -0.3 is 14.3 Å². The monoisotopic (exact) mass is 382 g/mol. The van der Waals surface area contributed by atoms with Crippen molar-refractivity contribution in [3.05, 3.63) is 11.6 Å². The lowest BCUT2D eigenvalue weighted by Crippen LogP contribution is -2.63. The molecule has 6 nitrogen and oxygen atoms in total. The summed E-state index contributed by atoms with van der Waals surface area (Å²) in [6.07, 6.45) is 0.413. The molecule has 0 radical (unpaired) electrons. The number of ketones is 2. The highest BCUT2D eigenvalue weighted by Crippen LogP contribution is 2.52. The summed E-state index contributed by atoms with van der Waals surface area (Å²) in [5.74, 6) is -1.36. The Morgan fingerprint density at radius 2 is 1.88 bits per heavy atom. The van der Waals surface area contributed by atoms with Gasteiger partial charge in [0.2, 0.25) is 0 Å². The molecule has 0 aromatic heterocycles. The number of carbonyl (C=O) groups excluding carboxylic acids is 3. The predicted molar refractivity (Wildman–Crippen MR) is 99.1 cm³/mol. The van der Waals surface area contributed by atoms with Crippen LogP contribution in [0.3, 0.4) is 0 Å². The average molecular weight is 383 g/mol. The van der Waals surface area contributed by atoms with Gasteiger partial charge in [0, 0.05) is 12.8 Å². The van der Waals surface area contributed by atoms with Gasteiger partial charge in [-0.1, -0.05) is 20.8 Å². The Morgan fingerprint density at radius 1 is 1.31 bits per heavy atom. The number of Topliss-reactive ketones (excluding diaryl/α,β-unsaturated/α-hetero) is 1. The van der Waals surface area contributed by atoms with Crippen molar-refractivity contribution < 1.29 is 28.7 Å². The number of fused-ring (bicyclic) bond motifs is 1. The molecule has 1 saturated carbocycles. The molecule has 0 bridgehead atoms. The fraction of sp³-hybridized carbons (Fsp3) is 0.737. The Labute approximate surface area is 156 Å². The van der Waals surface area contributed by atoms with E-state index in [1.165, 1.54) is 20.1 Å². The molecular formula is C19H30O6Si. The topological polar surface area (TPSA) is 89.9 Å². The zero-order chi connectivity index (χ0) is 20.1. The summed E-state index contributed by atoms with van der Waals surface area (Å²) in [6.45, 7) is 11.7. The minimum Gasteiger partial charge on any atom is -0.468 e. The van der Waals surface area contributed by atoms with Crippen molar-refractivity contribution in [2.75, 3.05) is 7.11 Å². The Bertz CT molecular complexity index is 660. The third-order valence-electron chi connectivity index (χ3n) is 6.21. The molecule has 26 heavy (non-hydrogen) atoms. The van der Waals surface area contributed by atoms with Crippen molar-refractivity contribution in [3.63, 3.8) is 0 Å². The van der Waals surface area contributed by atoms with Gasteiger partial charge >= 0.3 is 5.97 Å². The maximum atomic E-state index is 13.1. The summed E-state index contributed by atoms with van der Waals surface area (Å²) < 4.78 is 11.4. The Kier molecular flexibility index (Phi) is 5.16. The number of rotatable bonds is 3. The van der Waals surface area contributed by atoms with Gasteiger partial charge in [-0.3, -0.25) is 14.4 Å². The van der Waals surface area contributed by atoms with E-state index < -0.39 is 31.4 Å². The normalized spacial score (nSPS) is 32.8. The van der Waals surface area contributed by atoms with Crippen LogP contribution in [0.25, 0.3) is 0 Å². The van der Waals surface area contributed by atoms with Gasteiger partial charge in [-0.2, -0.15) is 0 Å². The fourth-order valence-corrected chi connectivity index (χ4v) is 4.95. The van der Waals surface area contributed by atoms with Gasteiger partial charge in [0.15, 0.2) is 25.3 Å². The fourth-order valence-electron chi connectivity index (χ4n) is 3.62. The lowest BCUT2D eigenvalue weighted by Gasteiger charge is -2.51. The van der Waals surface area contributed by atoms with E-state index in [1.54, 1.807) is 0 Å². The number of carbonyl (C=O) groups is 3. The molecule has 0 aromatic rings. The lowest BCUT2D eigenvalue weighted by atomic mass is 9.57. The Hall–Kier alpha value is -1.31. The molecule has 0 aliphatic heterocycles. The van der Waals surface area contributed by atoms with E-state index >= 15 is 0 Å². The lowest BCUT2D eigenvalue weighted by molar-refractivity contribution is -0.168. The molecule has 146 valence electrons. The maximum Gasteiger partial charge on any atom is 0.326 e. The standard InChI is InChI=1S/C19H30O6Si/c1-17(2,3)26(6,7)25-15-11-12(20)10-13-18(4,23)9-8-14(21)19(13,15)16(22)24-5/h10,15,23H,8-9,11H2,1-7H3/t15-,18+,19-/m1/s1. The number of hydrogen-bond donors (Lipinski definition) is 1. The van der Waals surface area contributed by atoms with Crippen LogP contribution in [0.15, 0.2) is 11.6 Å². The first-order valence-electron chi connectivity index (χ1n) is 8.97. The first-order valence-corrected chi connectivity index (χ1v) is 11.9. The van der Waals surface area contributed by atoms with Gasteiger partial charge in [0.05, 0.1) is 18.8 Å². The second kappa shape index (κ2) is 6.39. The number of allylic oxidation sites excluding steroid dienone is 1. The second-order valence-electron chi connectivity index (χ2n) is 9.09. The Balaban J connectivity index is 2.68. The molecule has 3 atom stereocenters. The van der Waals surface area contributed by atoms with E-state index in [9.17, 15) is 19.5 Å². The summed E-state index contributed by atoms with van der Waals surface area (Å²) in [7, 11) is -1.19. The van der Waals surface area contributed by atoms with Crippen molar-refractivity contribution in [1.82, 2.24) is 0 Å². The molecule has 0 unspecified atom stereocenters. The van der Waals surface area contributed by atoms with Crippen LogP contribution in [0.5, 0.6) is 0 Å². The van der Waals surface area contributed by atoms with E-state index in [1.807, 2.05) is 33.9 Å². The van der Waals surface area contributed by atoms with E-state index in [-0.39, 0.29) is 41.4 Å². The SMILES string of the molecule is COC(=O)[C@@]12C(=O)CC[C@](C)(O)C1=CC(=O)C[C@H]2O[Si](C)(C)C(C)(C)C. The molecule has 1 N–H and O–H groups in total. The third-order valence-corrected chi connectivity index (χ3v) is 10.7. The molecule has 0 spiro atoms. The van der Waals surface area contributed by atoms with Gasteiger partial charge in [0.25, 0.3) is 0 Å². The summed E-state index contributed by atoms with van der Waals surface area (Å²) in [5, 5.41) is 10.7. The molecule has 1 fully saturated rings. The van der Waals surface area contributed by atoms with Crippen LogP contribution < -0.4 is 0 Å². The summed E-state index contributed by atoms with van der Waals surface area (Å²) >= 11 is 0. The van der Waals surface area contributed by atoms with Gasteiger partial charge in [0.1, 0.15) is 0 Å². The van der Waals surface area contributed by atoms with Crippen molar-refractivity contribution >= 4 is 25.9 Å². The largest absolute Gasteiger partial charge is 0.468 e. The highest BCUT2D eigenvalue weighted by atomic mass is 28.4. The predicted octanol–water partition coefficient (Wildman–Crippen LogP) is 2.55. The highest BCUT2D eigenvalue weighted by molar-refractivity contribution is 6.74. The third kappa shape index (κ3) is 3.10. The van der Waals surface area contributed by atoms with Gasteiger partial charge in [-0.05, 0) is 43.1 Å². The molecule has 2 aliphatic rings. The van der Waals surface area contributed by atoms with Crippen molar-refractivity contribution in [1.29, 1.82) is 0 Å². The highest BCUT2D eigenvalue weighted by Gasteiger charge is 2.65. The average Bonchev–Trinajstić information content (AvgIpc) is 2.49. The Morgan fingerprint density at radius 3 is 2.38 bits per heavy atom. The number of ether oxygens (including phenoxy) is 1. The molecule has 2 aliphatic carbocycles. The number of hydrogen-bond acceptors (Lipinski definition) is 6. The van der Waals surface area contributed by atoms with Crippen molar-refractivity contribution in [2.24, 2.45) is 5.41 Å². The zero-order valence-electron chi connectivity index (χ0n) is 16.8. The van der Waals surface area contributed by atoms with Crippen molar-refractivity contribution in [3.8, 4) is 0 Å². The molecule has 2 rings (SSSR count). The summed E-state index contributed by atoms with van der Waals surface area (Å²) in [5.41, 5.74) is -3.07. The van der Waals surface area contributed by atoms with Gasteiger partial charge in [-0.25, -0.2) is 0 Å². The first kappa shape index (κ1) is 21.0. The van der Waals surface area contributed by atoms with Crippen LogP contribution in [-0.4, -0.2) is 49.8 Å². The van der Waals surface area contributed by atoms with E-state index in [0.717, 1.165) is 0 Å². The number of methoxy groups -OCH3 is 1. The first-order chi connectivity index (χ1) is 11.7. The molecule has 0 aromatic carbocycles. The number of aliphatic hydroxyl groups is 1. The molecule has 0 saturated heterocycles. The quantitative estimate of drug-likeness (QED) is 0.458. The van der Waals surface area contributed by atoms with E-state index in [2.05, 4.69) is 0 Å². The smallest absolute Gasteiger partial charge is 0.326 e. The minimum absolute atomic E-state index is 0.0327. The molecule has 0 heterocycles. The van der Waals surface area contributed by atoms with Crippen molar-refractivity contribution in [2.45, 2.75) is 76.8 Å². The van der Waals surface area contributed by atoms with E-state index in [0.29, 0.717) is 0 Å². The molecule has 7 heteroatoms. The molecular weight excluding hydrogens is 352 g/mol. The zero-order valence-corrected chi connectivity index (χ0v) is 17.8.